The molecule has 3 saturated heterocycles. The highest BCUT2D eigenvalue weighted by Gasteiger charge is 2.54. The second-order valence-corrected chi connectivity index (χ2v) is 19.1. The van der Waals surface area contributed by atoms with Crippen molar-refractivity contribution in [2.24, 2.45) is 11.3 Å². The van der Waals surface area contributed by atoms with E-state index in [1.807, 2.05) is 57.2 Å². The molecule has 4 atom stereocenters. The van der Waals surface area contributed by atoms with Crippen LogP contribution in [0.25, 0.3) is 33.5 Å². The average molecular weight is 888 g/mol. The van der Waals surface area contributed by atoms with E-state index in [0.29, 0.717) is 45.4 Å². The van der Waals surface area contributed by atoms with Gasteiger partial charge in [-0.3, -0.25) is 29.2 Å². The minimum absolute atomic E-state index is 0.107. The van der Waals surface area contributed by atoms with Crippen molar-refractivity contribution >= 4 is 40.8 Å². The normalized spacial score (nSPS) is 21.7. The maximum atomic E-state index is 14.7. The lowest BCUT2D eigenvalue weighted by molar-refractivity contribution is -0.155. The van der Waals surface area contributed by atoms with Crippen molar-refractivity contribution in [3.05, 3.63) is 84.2 Å². The molecule has 0 unspecified atom stereocenters. The molecule has 8 rings (SSSR count). The number of carbonyl (C=O) groups is 5. The van der Waals surface area contributed by atoms with Gasteiger partial charge in [-0.2, -0.15) is 0 Å². The van der Waals surface area contributed by atoms with Gasteiger partial charge in [0.15, 0.2) is 0 Å². The van der Waals surface area contributed by atoms with Gasteiger partial charge in [0.2, 0.25) is 11.8 Å². The number of fused-ring (bicyclic) bond motifs is 6. The predicted molar refractivity (Wildman–Crippen MR) is 245 cm³/mol. The average Bonchev–Trinajstić information content (AvgIpc) is 3.79. The zero-order valence-corrected chi connectivity index (χ0v) is 38.5. The lowest BCUT2D eigenvalue weighted by Gasteiger charge is -2.47. The number of hydrazine groups is 1. The third-order valence-corrected chi connectivity index (χ3v) is 13.2. The molecule has 4 aliphatic rings. The van der Waals surface area contributed by atoms with Gasteiger partial charge in [-0.05, 0) is 81.0 Å². The lowest BCUT2D eigenvalue weighted by atomic mass is 9.85. The van der Waals surface area contributed by atoms with Crippen molar-refractivity contribution in [2.75, 3.05) is 39.9 Å². The monoisotopic (exact) mass is 887 g/mol. The van der Waals surface area contributed by atoms with E-state index in [2.05, 4.69) is 60.1 Å². The van der Waals surface area contributed by atoms with Crippen LogP contribution in [0.15, 0.2) is 67.4 Å². The summed E-state index contributed by atoms with van der Waals surface area (Å²) >= 11 is 0. The number of aryl methyl sites for hydroxylation is 1. The number of methoxy groups -OCH3 is 1. The van der Waals surface area contributed by atoms with Crippen LogP contribution in [0.4, 0.5) is 4.79 Å². The van der Waals surface area contributed by atoms with E-state index in [0.717, 1.165) is 50.4 Å². The van der Waals surface area contributed by atoms with Crippen LogP contribution in [0.2, 0.25) is 0 Å². The molecule has 3 aromatic heterocycles. The molecule has 16 heteroatoms. The number of amides is 5. The van der Waals surface area contributed by atoms with Crippen molar-refractivity contribution in [3.63, 3.8) is 0 Å². The van der Waals surface area contributed by atoms with E-state index < -0.39 is 52.9 Å². The Bertz CT molecular complexity index is 2530. The maximum absolute atomic E-state index is 14.7. The Labute approximate surface area is 380 Å². The molecule has 65 heavy (non-hydrogen) atoms. The minimum atomic E-state index is -1.07. The molecule has 0 saturated carbocycles. The summed E-state index contributed by atoms with van der Waals surface area (Å²) in [5.41, 5.74) is 9.79. The number of hydrogen-bond acceptors (Lipinski definition) is 10. The number of rotatable bonds is 9. The summed E-state index contributed by atoms with van der Waals surface area (Å²) < 4.78 is 14.2. The number of pyridine rings is 2. The highest BCUT2D eigenvalue weighted by Crippen LogP contribution is 2.41. The van der Waals surface area contributed by atoms with Crippen LogP contribution in [0, 0.1) is 11.3 Å². The van der Waals surface area contributed by atoms with E-state index in [1.54, 1.807) is 18.2 Å². The molecule has 7 heterocycles. The highest BCUT2D eigenvalue weighted by molar-refractivity contribution is 5.94. The first kappa shape index (κ1) is 45.4. The molecule has 4 aliphatic heterocycles. The molecule has 3 N–H and O–H groups in total. The van der Waals surface area contributed by atoms with Crippen LogP contribution in [0.5, 0.6) is 0 Å². The van der Waals surface area contributed by atoms with Gasteiger partial charge in [0.25, 0.3) is 5.91 Å². The second kappa shape index (κ2) is 18.0. The van der Waals surface area contributed by atoms with Crippen LogP contribution in [-0.4, -0.2) is 123 Å². The van der Waals surface area contributed by atoms with Crippen LogP contribution >= 0.6 is 0 Å². The number of esters is 1. The molecule has 1 spiro atoms. The van der Waals surface area contributed by atoms with Gasteiger partial charge in [0.05, 0.1) is 46.4 Å². The number of nitrogens with one attached hydrogen (secondary N) is 3. The first-order chi connectivity index (χ1) is 31.1. The van der Waals surface area contributed by atoms with Crippen molar-refractivity contribution in [3.8, 4) is 22.5 Å². The Hall–Kier alpha value is -6.13. The van der Waals surface area contributed by atoms with Crippen LogP contribution in [-0.2, 0) is 48.0 Å². The number of ether oxygens (including phenoxy) is 2. The Morgan fingerprint density at radius 2 is 1.86 bits per heavy atom. The molecule has 4 aromatic rings. The van der Waals surface area contributed by atoms with Gasteiger partial charge >= 0.3 is 12.0 Å². The zero-order valence-electron chi connectivity index (χ0n) is 38.5. The Morgan fingerprint density at radius 3 is 2.58 bits per heavy atom. The minimum Gasteiger partial charge on any atom is -0.464 e. The first-order valence-corrected chi connectivity index (χ1v) is 22.7. The predicted octanol–water partition coefficient (Wildman–Crippen LogP) is 4.96. The molecular weight excluding hydrogens is 827 g/mol. The SMILES string of the molecule is C=CC(=O)N1CC2(C1)CN([C@H](C(=O)N[C@H]1Cc3cccc(c3)-c3ccc4c(n3)c(c(-c3cccnc3[C@H](C)OC)n4CC)CC(C)(C)COC(=O)[C@@H]3CCCN(N3)C1=O)C(C)C)C(=O)N2. The fourth-order valence-corrected chi connectivity index (χ4v) is 9.97. The summed E-state index contributed by atoms with van der Waals surface area (Å²) in [4.78, 5) is 82.2. The molecule has 3 fully saturated rings. The van der Waals surface area contributed by atoms with Crippen molar-refractivity contribution in [2.45, 2.75) is 104 Å². The summed E-state index contributed by atoms with van der Waals surface area (Å²) in [6.45, 7) is 17.4. The number of cyclic esters (lactones) is 1. The van der Waals surface area contributed by atoms with Crippen LogP contribution in [0.3, 0.4) is 0 Å². The van der Waals surface area contributed by atoms with E-state index in [-0.39, 0.29) is 37.5 Å². The van der Waals surface area contributed by atoms with Gasteiger partial charge in [-0.1, -0.05) is 52.5 Å². The molecule has 0 radical (unpaired) electrons. The molecule has 0 aliphatic carbocycles. The molecule has 1 aromatic carbocycles. The number of urea groups is 1. The van der Waals surface area contributed by atoms with Crippen LogP contribution in [0.1, 0.15) is 77.3 Å². The summed E-state index contributed by atoms with van der Waals surface area (Å²) in [6, 6.07) is 12.7. The first-order valence-electron chi connectivity index (χ1n) is 22.7. The highest BCUT2D eigenvalue weighted by atomic mass is 16.5. The number of hydrogen-bond donors (Lipinski definition) is 3. The number of benzene rings is 1. The van der Waals surface area contributed by atoms with E-state index in [9.17, 15) is 24.0 Å². The van der Waals surface area contributed by atoms with Gasteiger partial charge in [-0.25, -0.2) is 15.2 Å². The topological polar surface area (TPSA) is 180 Å². The third-order valence-electron chi connectivity index (χ3n) is 13.2. The zero-order chi connectivity index (χ0) is 46.4. The summed E-state index contributed by atoms with van der Waals surface area (Å²) in [5, 5.41) is 7.49. The van der Waals surface area contributed by atoms with Gasteiger partial charge in [-0.15, -0.1) is 0 Å². The Balaban J connectivity index is 1.18. The number of aromatic nitrogens is 3. The fourth-order valence-electron chi connectivity index (χ4n) is 9.97. The lowest BCUT2D eigenvalue weighted by Crippen LogP contribution is -2.70. The summed E-state index contributed by atoms with van der Waals surface area (Å²) in [5.74, 6) is -1.91. The standard InChI is InChI=1S/C49H61N9O7/c1-9-39(59)55-25-49(26-55)27-57(47(63)53-49)42(29(3)4)44(60)52-37-23-31-14-11-15-32(22-31)35-18-19-38-41(51-35)34(43(56(38)10-2)33-16-12-20-50-40(33)30(5)64-8)24-48(6,7)28-65-46(62)36-17-13-21-58(54-36)45(37)61/h9,11-12,14-16,18-20,22,29-30,36-37,42,54H,1,10,13,17,21,23-28H2,2-8H3,(H,52,60)(H,53,63)/t30-,36-,37-,42-/m0/s1. The number of nitrogens with zero attached hydrogens (tertiary/aromatic N) is 6. The molecule has 6 bridgehead atoms. The molecule has 5 amide bonds. The van der Waals surface area contributed by atoms with E-state index >= 15 is 0 Å². The van der Waals surface area contributed by atoms with E-state index in [1.165, 1.54) is 16.0 Å². The van der Waals surface area contributed by atoms with E-state index in [4.69, 9.17) is 19.4 Å². The largest absolute Gasteiger partial charge is 0.464 e. The Kier molecular flexibility index (Phi) is 12.6. The summed E-state index contributed by atoms with van der Waals surface area (Å²) in [6.07, 6.45) is 4.38. The molecule has 16 nitrogen and oxygen atoms in total. The quantitative estimate of drug-likeness (QED) is 0.154. The summed E-state index contributed by atoms with van der Waals surface area (Å²) in [7, 11) is 1.68. The number of carbonyl (C=O) groups excluding carboxylic acids is 5. The third kappa shape index (κ3) is 8.85. The number of likely N-dealkylation sites (tertiary alicyclic amines) is 1. The van der Waals surface area contributed by atoms with Gasteiger partial charge < -0.3 is 34.5 Å². The van der Waals surface area contributed by atoms with Crippen molar-refractivity contribution in [1.29, 1.82) is 0 Å². The maximum Gasteiger partial charge on any atom is 0.324 e. The van der Waals surface area contributed by atoms with Crippen LogP contribution < -0.4 is 16.1 Å². The second-order valence-electron chi connectivity index (χ2n) is 19.1. The van der Waals surface area contributed by atoms with Gasteiger partial charge in [0, 0.05) is 74.6 Å². The van der Waals surface area contributed by atoms with Gasteiger partial charge in [0.1, 0.15) is 18.1 Å². The molecular formula is C49H61N9O7. The van der Waals surface area contributed by atoms with Crippen molar-refractivity contribution in [1.82, 2.24) is 45.4 Å². The molecule has 344 valence electrons. The Morgan fingerprint density at radius 1 is 1.08 bits per heavy atom. The smallest absolute Gasteiger partial charge is 0.324 e. The van der Waals surface area contributed by atoms with Crippen molar-refractivity contribution < 1.29 is 33.4 Å². The fraction of sp³-hybridized carbons (Fsp3) is 0.490.